The molecule has 3 rings (SSSR count). The summed E-state index contributed by atoms with van der Waals surface area (Å²) < 4.78 is 0.962. The number of carbonyl (C=O) groups is 2. The summed E-state index contributed by atoms with van der Waals surface area (Å²) in [5, 5.41) is 3.49. The smallest absolute Gasteiger partial charge is 0.231 e. The molecule has 1 aromatic carbocycles. The van der Waals surface area contributed by atoms with Crippen LogP contribution in [0.3, 0.4) is 0 Å². The predicted octanol–water partition coefficient (Wildman–Crippen LogP) is 2.02. The molecule has 1 atom stereocenters. The van der Waals surface area contributed by atoms with E-state index in [-0.39, 0.29) is 24.2 Å². The van der Waals surface area contributed by atoms with Crippen LogP contribution in [0.4, 0.5) is 5.69 Å². The Balaban J connectivity index is 1.66. The minimum atomic E-state index is -0.315. The summed E-state index contributed by atoms with van der Waals surface area (Å²) in [4.78, 5) is 30.2. The molecular formula is C14H14BrN3O2S. The van der Waals surface area contributed by atoms with Crippen LogP contribution in [0, 0.1) is 5.92 Å². The third kappa shape index (κ3) is 3.29. The van der Waals surface area contributed by atoms with Gasteiger partial charge in [-0.05, 0) is 24.3 Å². The van der Waals surface area contributed by atoms with Crippen molar-refractivity contribution in [3.05, 3.63) is 28.7 Å². The van der Waals surface area contributed by atoms with Gasteiger partial charge in [-0.3, -0.25) is 14.6 Å². The maximum absolute atomic E-state index is 12.2. The van der Waals surface area contributed by atoms with Gasteiger partial charge in [-0.15, -0.1) is 0 Å². The number of rotatable bonds is 2. The van der Waals surface area contributed by atoms with Crippen molar-refractivity contribution in [2.45, 2.75) is 6.42 Å². The van der Waals surface area contributed by atoms with Gasteiger partial charge < -0.3 is 10.2 Å². The third-order valence-corrected chi connectivity index (χ3v) is 4.87. The van der Waals surface area contributed by atoms with Crippen LogP contribution < -0.4 is 10.2 Å². The second-order valence-corrected chi connectivity index (χ2v) is 6.91. The second-order valence-electron chi connectivity index (χ2n) is 4.91. The lowest BCUT2D eigenvalue weighted by molar-refractivity contribution is -0.125. The van der Waals surface area contributed by atoms with E-state index < -0.39 is 0 Å². The van der Waals surface area contributed by atoms with Crippen molar-refractivity contribution in [3.8, 4) is 0 Å². The molecule has 0 unspecified atom stereocenters. The molecule has 0 aliphatic carbocycles. The van der Waals surface area contributed by atoms with Crippen molar-refractivity contribution in [3.63, 3.8) is 0 Å². The Morgan fingerprint density at radius 2 is 2.14 bits per heavy atom. The molecule has 7 heteroatoms. The van der Waals surface area contributed by atoms with Gasteiger partial charge >= 0.3 is 0 Å². The van der Waals surface area contributed by atoms with Crippen molar-refractivity contribution in [2.75, 3.05) is 23.7 Å². The molecule has 2 aliphatic rings. The molecule has 0 spiro atoms. The average Bonchev–Trinajstić information content (AvgIpc) is 3.09. The zero-order chi connectivity index (χ0) is 14.8. The van der Waals surface area contributed by atoms with E-state index in [0.29, 0.717) is 11.7 Å². The molecule has 1 N–H and O–H groups in total. The Labute approximate surface area is 135 Å². The summed E-state index contributed by atoms with van der Waals surface area (Å²) in [6.45, 7) is 1.17. The van der Waals surface area contributed by atoms with Gasteiger partial charge in [0, 0.05) is 28.9 Å². The summed E-state index contributed by atoms with van der Waals surface area (Å²) in [7, 11) is 0. The first kappa shape index (κ1) is 14.6. The number of anilines is 1. The van der Waals surface area contributed by atoms with Crippen molar-refractivity contribution in [2.24, 2.45) is 10.9 Å². The predicted molar refractivity (Wildman–Crippen MR) is 87.5 cm³/mol. The standard InChI is InChI=1S/C14H14BrN3O2S/c15-10-1-3-11(4-2-10)18-8-9(7-12(18)19)13(20)17-14-16-5-6-21-14/h1-4,9H,5-8H2,(H,16,17,20)/t9-/m1/s1. The molecule has 0 saturated carbocycles. The Bertz CT molecular complexity index is 603. The molecule has 2 amide bonds. The number of amides is 2. The molecule has 1 saturated heterocycles. The first-order valence-electron chi connectivity index (χ1n) is 6.67. The summed E-state index contributed by atoms with van der Waals surface area (Å²) in [6, 6.07) is 7.53. The molecule has 5 nitrogen and oxygen atoms in total. The number of aliphatic imine (C=N–C) groups is 1. The van der Waals surface area contributed by atoms with E-state index in [1.54, 1.807) is 16.7 Å². The fourth-order valence-corrected chi connectivity index (χ4v) is 3.37. The van der Waals surface area contributed by atoms with E-state index in [9.17, 15) is 9.59 Å². The summed E-state index contributed by atoms with van der Waals surface area (Å²) in [5.74, 6) is 0.462. The van der Waals surface area contributed by atoms with Crippen molar-refractivity contribution in [1.82, 2.24) is 5.32 Å². The number of hydrogen-bond donors (Lipinski definition) is 1. The van der Waals surface area contributed by atoms with E-state index in [1.165, 1.54) is 0 Å². The van der Waals surface area contributed by atoms with Gasteiger partial charge in [0.2, 0.25) is 11.8 Å². The first-order chi connectivity index (χ1) is 10.1. The summed E-state index contributed by atoms with van der Waals surface area (Å²) in [6.07, 6.45) is 0.250. The molecule has 2 aliphatic heterocycles. The van der Waals surface area contributed by atoms with Crippen LogP contribution in [0.5, 0.6) is 0 Å². The van der Waals surface area contributed by atoms with Gasteiger partial charge in [0.05, 0.1) is 12.5 Å². The third-order valence-electron chi connectivity index (χ3n) is 3.45. The number of benzene rings is 1. The van der Waals surface area contributed by atoms with E-state index in [2.05, 4.69) is 26.2 Å². The molecule has 2 heterocycles. The number of carbonyl (C=O) groups excluding carboxylic acids is 2. The van der Waals surface area contributed by atoms with Crippen molar-refractivity contribution in [1.29, 1.82) is 0 Å². The highest BCUT2D eigenvalue weighted by Crippen LogP contribution is 2.26. The van der Waals surface area contributed by atoms with Gasteiger partial charge in [-0.1, -0.05) is 27.7 Å². The zero-order valence-electron chi connectivity index (χ0n) is 11.2. The zero-order valence-corrected chi connectivity index (χ0v) is 13.6. The van der Waals surface area contributed by atoms with Gasteiger partial charge in [0.1, 0.15) is 0 Å². The van der Waals surface area contributed by atoms with Crippen molar-refractivity contribution < 1.29 is 9.59 Å². The van der Waals surface area contributed by atoms with Crippen LogP contribution in [-0.4, -0.2) is 35.8 Å². The van der Waals surface area contributed by atoms with E-state index in [4.69, 9.17) is 0 Å². The number of halogens is 1. The molecule has 1 aromatic rings. The normalized spacial score (nSPS) is 21.6. The minimum absolute atomic E-state index is 0.0153. The fraction of sp³-hybridized carbons (Fsp3) is 0.357. The number of thioether (sulfide) groups is 1. The summed E-state index contributed by atoms with van der Waals surface area (Å²) >= 11 is 4.91. The molecule has 0 radical (unpaired) electrons. The summed E-state index contributed by atoms with van der Waals surface area (Å²) in [5.41, 5.74) is 0.825. The SMILES string of the molecule is O=C(NC1=NCCS1)[C@@H]1CC(=O)N(c2ccc(Br)cc2)C1. The maximum atomic E-state index is 12.2. The molecular weight excluding hydrogens is 354 g/mol. The molecule has 0 aromatic heterocycles. The lowest BCUT2D eigenvalue weighted by Gasteiger charge is -2.16. The Kier molecular flexibility index (Phi) is 4.30. The highest BCUT2D eigenvalue weighted by molar-refractivity contribution is 9.10. The Morgan fingerprint density at radius 3 is 2.81 bits per heavy atom. The number of hydrogen-bond acceptors (Lipinski definition) is 4. The fourth-order valence-electron chi connectivity index (χ4n) is 2.37. The molecule has 110 valence electrons. The van der Waals surface area contributed by atoms with Crippen LogP contribution in [-0.2, 0) is 9.59 Å². The van der Waals surface area contributed by atoms with Gasteiger partial charge in [0.15, 0.2) is 5.17 Å². The minimum Gasteiger partial charge on any atom is -0.312 e. The van der Waals surface area contributed by atoms with E-state index in [0.717, 1.165) is 22.5 Å². The van der Waals surface area contributed by atoms with Crippen LogP contribution in [0.25, 0.3) is 0 Å². The van der Waals surface area contributed by atoms with E-state index in [1.807, 2.05) is 24.3 Å². The highest BCUT2D eigenvalue weighted by atomic mass is 79.9. The second kappa shape index (κ2) is 6.19. The average molecular weight is 368 g/mol. The lowest BCUT2D eigenvalue weighted by atomic mass is 10.1. The van der Waals surface area contributed by atoms with Crippen LogP contribution in [0.15, 0.2) is 33.7 Å². The van der Waals surface area contributed by atoms with Crippen LogP contribution in [0.1, 0.15) is 6.42 Å². The van der Waals surface area contributed by atoms with Gasteiger partial charge in [-0.25, -0.2) is 0 Å². The lowest BCUT2D eigenvalue weighted by Crippen LogP contribution is -2.35. The van der Waals surface area contributed by atoms with Crippen molar-refractivity contribution >= 4 is 50.4 Å². The van der Waals surface area contributed by atoms with Crippen LogP contribution >= 0.6 is 27.7 Å². The maximum Gasteiger partial charge on any atom is 0.231 e. The first-order valence-corrected chi connectivity index (χ1v) is 8.45. The topological polar surface area (TPSA) is 61.8 Å². The van der Waals surface area contributed by atoms with E-state index >= 15 is 0 Å². The largest absolute Gasteiger partial charge is 0.312 e. The monoisotopic (exact) mass is 367 g/mol. The number of nitrogens with one attached hydrogen (secondary N) is 1. The number of nitrogens with zero attached hydrogens (tertiary/aromatic N) is 2. The van der Waals surface area contributed by atoms with Gasteiger partial charge in [-0.2, -0.15) is 0 Å². The van der Waals surface area contributed by atoms with Gasteiger partial charge in [0.25, 0.3) is 0 Å². The molecule has 0 bridgehead atoms. The van der Waals surface area contributed by atoms with Crippen LogP contribution in [0.2, 0.25) is 0 Å². The number of amidine groups is 1. The Hall–Kier alpha value is -1.34. The quantitative estimate of drug-likeness (QED) is 0.869. The molecule has 1 fully saturated rings. The Morgan fingerprint density at radius 1 is 1.38 bits per heavy atom. The highest BCUT2D eigenvalue weighted by Gasteiger charge is 2.35. The molecule has 21 heavy (non-hydrogen) atoms.